The number of carbonyl (C=O) groups excluding carboxylic acids is 1. The van der Waals surface area contributed by atoms with Crippen LogP contribution in [-0.2, 0) is 11.3 Å². The molecule has 0 unspecified atom stereocenters. The molecule has 0 saturated carbocycles. The monoisotopic (exact) mass is 324 g/mol. The molecule has 2 heterocycles. The first-order valence-electron chi connectivity index (χ1n) is 7.43. The van der Waals surface area contributed by atoms with Crippen LogP contribution in [0.1, 0.15) is 32.9 Å². The summed E-state index contributed by atoms with van der Waals surface area (Å²) in [5, 5.41) is 3.90. The first-order chi connectivity index (χ1) is 10.4. The van der Waals surface area contributed by atoms with Crippen molar-refractivity contribution in [3.63, 3.8) is 0 Å². The lowest BCUT2D eigenvalue weighted by molar-refractivity contribution is 0.0505. The van der Waals surface area contributed by atoms with E-state index in [1.54, 1.807) is 24.2 Å². The number of amides is 1. The standard InChI is InChI=1S/C15H24N4O2S/c1-15(2,3)21-14(20)18-11-5-8-19(9-11)10-12-13(22-4)17-7-6-16-12/h6-7,11H,5,8-10H2,1-4H3,(H,18,20)/t11-/m0/s1. The van der Waals surface area contributed by atoms with Gasteiger partial charge in [0.05, 0.1) is 5.69 Å². The van der Waals surface area contributed by atoms with Crippen molar-refractivity contribution in [2.24, 2.45) is 0 Å². The van der Waals surface area contributed by atoms with Gasteiger partial charge in [-0.25, -0.2) is 9.78 Å². The number of alkyl carbamates (subject to hydrolysis) is 1. The second-order valence-electron chi connectivity index (χ2n) is 6.38. The van der Waals surface area contributed by atoms with Crippen LogP contribution >= 0.6 is 11.8 Å². The van der Waals surface area contributed by atoms with Gasteiger partial charge in [-0.15, -0.1) is 11.8 Å². The lowest BCUT2D eigenvalue weighted by Gasteiger charge is -2.22. The summed E-state index contributed by atoms with van der Waals surface area (Å²) >= 11 is 1.61. The molecule has 1 aliphatic heterocycles. The van der Waals surface area contributed by atoms with Gasteiger partial charge < -0.3 is 10.1 Å². The van der Waals surface area contributed by atoms with Crippen molar-refractivity contribution in [2.75, 3.05) is 19.3 Å². The number of aromatic nitrogens is 2. The van der Waals surface area contributed by atoms with Crippen molar-refractivity contribution in [1.29, 1.82) is 0 Å². The van der Waals surface area contributed by atoms with Gasteiger partial charge >= 0.3 is 6.09 Å². The number of thioether (sulfide) groups is 1. The highest BCUT2D eigenvalue weighted by molar-refractivity contribution is 7.98. The number of likely N-dealkylation sites (tertiary alicyclic amines) is 1. The van der Waals surface area contributed by atoms with Crippen LogP contribution < -0.4 is 5.32 Å². The molecule has 1 aromatic rings. The van der Waals surface area contributed by atoms with Gasteiger partial charge in [0.15, 0.2) is 0 Å². The van der Waals surface area contributed by atoms with Crippen LogP contribution in [0, 0.1) is 0 Å². The third-order valence-corrected chi connectivity index (χ3v) is 4.02. The predicted octanol–water partition coefficient (Wildman–Crippen LogP) is 2.30. The van der Waals surface area contributed by atoms with Crippen LogP contribution in [0.4, 0.5) is 4.79 Å². The first-order valence-corrected chi connectivity index (χ1v) is 8.65. The summed E-state index contributed by atoms with van der Waals surface area (Å²) in [6.07, 6.45) is 6.02. The van der Waals surface area contributed by atoms with Gasteiger partial charge in [-0.05, 0) is 33.4 Å². The molecular weight excluding hydrogens is 300 g/mol. The fourth-order valence-corrected chi connectivity index (χ4v) is 2.93. The number of hydrogen-bond acceptors (Lipinski definition) is 6. The van der Waals surface area contributed by atoms with E-state index in [-0.39, 0.29) is 12.1 Å². The van der Waals surface area contributed by atoms with Gasteiger partial charge in [0.25, 0.3) is 0 Å². The normalized spacial score (nSPS) is 19.2. The second kappa shape index (κ2) is 7.28. The van der Waals surface area contributed by atoms with Gasteiger partial charge in [-0.2, -0.15) is 0 Å². The number of rotatable bonds is 4. The molecule has 1 amide bonds. The molecule has 1 aromatic heterocycles. The Bertz CT molecular complexity index is 519. The Balaban J connectivity index is 1.84. The van der Waals surface area contributed by atoms with Crippen LogP contribution in [0.15, 0.2) is 17.4 Å². The Labute approximate surface area is 136 Å². The number of ether oxygens (including phenoxy) is 1. The smallest absolute Gasteiger partial charge is 0.407 e. The maximum Gasteiger partial charge on any atom is 0.407 e. The Morgan fingerprint density at radius 1 is 1.45 bits per heavy atom. The topological polar surface area (TPSA) is 67.4 Å². The minimum Gasteiger partial charge on any atom is -0.444 e. The van der Waals surface area contributed by atoms with E-state index in [1.165, 1.54) is 0 Å². The van der Waals surface area contributed by atoms with E-state index in [0.29, 0.717) is 0 Å². The number of nitrogens with one attached hydrogen (secondary N) is 1. The van der Waals surface area contributed by atoms with E-state index >= 15 is 0 Å². The summed E-state index contributed by atoms with van der Waals surface area (Å²) < 4.78 is 5.30. The van der Waals surface area contributed by atoms with Gasteiger partial charge in [0.1, 0.15) is 10.6 Å². The molecular formula is C15H24N4O2S. The van der Waals surface area contributed by atoms with Crippen molar-refractivity contribution in [3.8, 4) is 0 Å². The zero-order chi connectivity index (χ0) is 16.2. The quantitative estimate of drug-likeness (QED) is 0.857. The molecule has 22 heavy (non-hydrogen) atoms. The van der Waals surface area contributed by atoms with Crippen LogP contribution in [0.2, 0.25) is 0 Å². The van der Waals surface area contributed by atoms with E-state index in [9.17, 15) is 4.79 Å². The summed E-state index contributed by atoms with van der Waals surface area (Å²) in [6, 6.07) is 0.129. The third-order valence-electron chi connectivity index (χ3n) is 3.30. The van der Waals surface area contributed by atoms with E-state index in [4.69, 9.17) is 4.74 Å². The fourth-order valence-electron chi connectivity index (χ4n) is 2.41. The second-order valence-corrected chi connectivity index (χ2v) is 7.17. The predicted molar refractivity (Wildman–Crippen MR) is 86.9 cm³/mol. The molecule has 1 fully saturated rings. The minimum atomic E-state index is -0.463. The van der Waals surface area contributed by atoms with Gasteiger partial charge in [-0.3, -0.25) is 9.88 Å². The van der Waals surface area contributed by atoms with Crippen LogP contribution in [0.3, 0.4) is 0 Å². The van der Waals surface area contributed by atoms with Crippen LogP contribution in [-0.4, -0.2) is 51.9 Å². The zero-order valence-electron chi connectivity index (χ0n) is 13.6. The number of carbonyl (C=O) groups is 1. The molecule has 0 aromatic carbocycles. The van der Waals surface area contributed by atoms with Crippen molar-refractivity contribution in [3.05, 3.63) is 18.1 Å². The van der Waals surface area contributed by atoms with Gasteiger partial charge in [0, 0.05) is 38.1 Å². The van der Waals surface area contributed by atoms with E-state index < -0.39 is 5.60 Å². The Hall–Kier alpha value is -1.34. The Morgan fingerprint density at radius 3 is 2.86 bits per heavy atom. The van der Waals surface area contributed by atoms with E-state index in [0.717, 1.165) is 36.8 Å². The molecule has 0 bridgehead atoms. The third kappa shape index (κ3) is 5.14. The van der Waals surface area contributed by atoms with Crippen molar-refractivity contribution in [1.82, 2.24) is 20.2 Å². The van der Waals surface area contributed by atoms with Crippen molar-refractivity contribution in [2.45, 2.75) is 50.4 Å². The lowest BCUT2D eigenvalue weighted by atomic mass is 10.2. The molecule has 0 aliphatic carbocycles. The first kappa shape index (κ1) is 17.0. The minimum absolute atomic E-state index is 0.129. The lowest BCUT2D eigenvalue weighted by Crippen LogP contribution is -2.40. The maximum atomic E-state index is 11.8. The summed E-state index contributed by atoms with van der Waals surface area (Å²) in [5.41, 5.74) is 0.530. The van der Waals surface area contributed by atoms with Gasteiger partial charge in [0.2, 0.25) is 0 Å². The molecule has 0 spiro atoms. The average Bonchev–Trinajstić information content (AvgIpc) is 2.84. The highest BCUT2D eigenvalue weighted by Crippen LogP contribution is 2.19. The summed E-state index contributed by atoms with van der Waals surface area (Å²) in [7, 11) is 0. The summed E-state index contributed by atoms with van der Waals surface area (Å²) in [4.78, 5) is 22.8. The zero-order valence-corrected chi connectivity index (χ0v) is 14.4. The van der Waals surface area contributed by atoms with E-state index in [2.05, 4.69) is 20.2 Å². The molecule has 7 heteroatoms. The maximum absolute atomic E-state index is 11.8. The molecule has 2 rings (SSSR count). The highest BCUT2D eigenvalue weighted by Gasteiger charge is 2.26. The van der Waals surface area contributed by atoms with Crippen molar-refractivity contribution < 1.29 is 9.53 Å². The number of nitrogens with zero attached hydrogens (tertiary/aromatic N) is 3. The fraction of sp³-hybridized carbons (Fsp3) is 0.667. The summed E-state index contributed by atoms with van der Waals surface area (Å²) in [6.45, 7) is 8.10. The molecule has 0 radical (unpaired) electrons. The average molecular weight is 324 g/mol. The molecule has 1 atom stereocenters. The molecule has 1 saturated heterocycles. The van der Waals surface area contributed by atoms with Crippen LogP contribution in [0.25, 0.3) is 0 Å². The Morgan fingerprint density at radius 2 is 2.18 bits per heavy atom. The van der Waals surface area contributed by atoms with Crippen molar-refractivity contribution >= 4 is 17.9 Å². The highest BCUT2D eigenvalue weighted by atomic mass is 32.2. The van der Waals surface area contributed by atoms with E-state index in [1.807, 2.05) is 27.0 Å². The summed E-state index contributed by atoms with van der Waals surface area (Å²) in [5.74, 6) is 0. The largest absolute Gasteiger partial charge is 0.444 e. The molecule has 122 valence electrons. The number of hydrogen-bond donors (Lipinski definition) is 1. The molecule has 1 N–H and O–H groups in total. The molecule has 6 nitrogen and oxygen atoms in total. The SMILES string of the molecule is CSc1nccnc1CN1CC[C@H](NC(=O)OC(C)(C)C)C1. The Kier molecular flexibility index (Phi) is 5.63. The van der Waals surface area contributed by atoms with Crippen LogP contribution in [0.5, 0.6) is 0 Å². The van der Waals surface area contributed by atoms with Gasteiger partial charge in [-0.1, -0.05) is 0 Å². The molecule has 1 aliphatic rings.